The largest absolute Gasteiger partial charge is 0.354 e. The molecule has 0 spiro atoms. The van der Waals surface area contributed by atoms with Crippen molar-refractivity contribution < 1.29 is 18.9 Å². The van der Waals surface area contributed by atoms with Crippen LogP contribution in [-0.4, -0.2) is 46.4 Å². The zero-order valence-corrected chi connectivity index (χ0v) is 20.7. The SMILES string of the molecule is CC[C@@H](C)C(=O)N[C@H](C(=O)N1CCC[C@H]1C(=O)Nc1cnoc1-c1ccccc1)C1CCCCC1. The van der Waals surface area contributed by atoms with Gasteiger partial charge in [-0.1, -0.05) is 68.6 Å². The summed E-state index contributed by atoms with van der Waals surface area (Å²) in [7, 11) is 0. The van der Waals surface area contributed by atoms with Crippen LogP contribution < -0.4 is 10.6 Å². The second-order valence-corrected chi connectivity index (χ2v) is 9.81. The Balaban J connectivity index is 1.50. The average molecular weight is 481 g/mol. The first kappa shape index (κ1) is 24.9. The van der Waals surface area contributed by atoms with Gasteiger partial charge in [0.25, 0.3) is 0 Å². The minimum Gasteiger partial charge on any atom is -0.354 e. The van der Waals surface area contributed by atoms with Crippen LogP contribution in [0.2, 0.25) is 0 Å². The summed E-state index contributed by atoms with van der Waals surface area (Å²) in [6.07, 6.45) is 8.66. The van der Waals surface area contributed by atoms with Crippen LogP contribution in [0.1, 0.15) is 65.2 Å². The van der Waals surface area contributed by atoms with Gasteiger partial charge in [-0.2, -0.15) is 0 Å². The van der Waals surface area contributed by atoms with Crippen molar-refractivity contribution in [2.24, 2.45) is 11.8 Å². The lowest BCUT2D eigenvalue weighted by Gasteiger charge is -2.35. The van der Waals surface area contributed by atoms with Crippen molar-refractivity contribution in [1.29, 1.82) is 0 Å². The first-order chi connectivity index (χ1) is 17.0. The molecule has 0 bridgehead atoms. The number of aromatic nitrogens is 1. The Morgan fingerprint density at radius 3 is 2.54 bits per heavy atom. The Labute approximate surface area is 206 Å². The van der Waals surface area contributed by atoms with E-state index in [9.17, 15) is 14.4 Å². The number of hydrogen-bond acceptors (Lipinski definition) is 5. The molecule has 2 N–H and O–H groups in total. The van der Waals surface area contributed by atoms with E-state index in [1.165, 1.54) is 6.20 Å². The van der Waals surface area contributed by atoms with E-state index in [-0.39, 0.29) is 29.6 Å². The molecule has 0 radical (unpaired) electrons. The quantitative estimate of drug-likeness (QED) is 0.583. The number of benzene rings is 1. The molecule has 3 amide bonds. The number of rotatable bonds is 8. The third-order valence-electron chi connectivity index (χ3n) is 7.45. The monoisotopic (exact) mass is 480 g/mol. The van der Waals surface area contributed by atoms with Gasteiger partial charge in [0.2, 0.25) is 17.7 Å². The van der Waals surface area contributed by atoms with Gasteiger partial charge in [0.1, 0.15) is 17.8 Å². The summed E-state index contributed by atoms with van der Waals surface area (Å²) in [4.78, 5) is 41.6. The molecule has 188 valence electrons. The van der Waals surface area contributed by atoms with Gasteiger partial charge in [0, 0.05) is 18.0 Å². The van der Waals surface area contributed by atoms with Crippen molar-refractivity contribution in [1.82, 2.24) is 15.4 Å². The van der Waals surface area contributed by atoms with Gasteiger partial charge in [0.15, 0.2) is 5.76 Å². The Kier molecular flexibility index (Phi) is 8.21. The summed E-state index contributed by atoms with van der Waals surface area (Å²) < 4.78 is 5.39. The molecular weight excluding hydrogens is 444 g/mol. The molecular formula is C27H36N4O4. The lowest BCUT2D eigenvalue weighted by Crippen LogP contribution is -2.56. The topological polar surface area (TPSA) is 105 Å². The van der Waals surface area contributed by atoms with Gasteiger partial charge in [-0.15, -0.1) is 0 Å². The van der Waals surface area contributed by atoms with Crippen molar-refractivity contribution in [3.63, 3.8) is 0 Å². The summed E-state index contributed by atoms with van der Waals surface area (Å²) in [6.45, 7) is 4.36. The predicted molar refractivity (Wildman–Crippen MR) is 133 cm³/mol. The van der Waals surface area contributed by atoms with Crippen LogP contribution in [0.4, 0.5) is 5.69 Å². The molecule has 3 atom stereocenters. The number of likely N-dealkylation sites (tertiary alicyclic amines) is 1. The van der Waals surface area contributed by atoms with Gasteiger partial charge in [-0.05, 0) is 38.0 Å². The van der Waals surface area contributed by atoms with E-state index in [2.05, 4.69) is 15.8 Å². The summed E-state index contributed by atoms with van der Waals surface area (Å²) in [5, 5.41) is 9.85. The van der Waals surface area contributed by atoms with Crippen molar-refractivity contribution >= 4 is 23.4 Å². The number of amides is 3. The molecule has 0 unspecified atom stereocenters. The van der Waals surface area contributed by atoms with Crippen LogP contribution in [0, 0.1) is 11.8 Å². The number of nitrogens with one attached hydrogen (secondary N) is 2. The molecule has 2 aromatic rings. The Morgan fingerprint density at radius 1 is 1.09 bits per heavy atom. The fourth-order valence-electron chi connectivity index (χ4n) is 5.15. The molecule has 8 nitrogen and oxygen atoms in total. The van der Waals surface area contributed by atoms with Crippen LogP contribution >= 0.6 is 0 Å². The van der Waals surface area contributed by atoms with E-state index in [4.69, 9.17) is 4.52 Å². The molecule has 1 aromatic heterocycles. The molecule has 4 rings (SSSR count). The van der Waals surface area contributed by atoms with Gasteiger partial charge in [-0.3, -0.25) is 14.4 Å². The summed E-state index contributed by atoms with van der Waals surface area (Å²) >= 11 is 0. The maximum absolute atomic E-state index is 13.8. The standard InChI is InChI=1S/C27H36N4O4/c1-3-18(2)25(32)30-23(19-11-6-4-7-12-19)27(34)31-16-10-15-22(31)26(33)29-21-17-28-35-24(21)20-13-8-5-9-14-20/h5,8-9,13-14,17-19,22-23H,3-4,6-7,10-12,15-16H2,1-2H3,(H,29,33)(H,30,32)/t18-,22+,23+/m1/s1. The third kappa shape index (κ3) is 5.74. The lowest BCUT2D eigenvalue weighted by atomic mass is 9.83. The molecule has 1 aromatic carbocycles. The highest BCUT2D eigenvalue weighted by Crippen LogP contribution is 2.31. The highest BCUT2D eigenvalue weighted by molar-refractivity contribution is 6.00. The van der Waals surface area contributed by atoms with Crippen LogP contribution in [0.25, 0.3) is 11.3 Å². The van der Waals surface area contributed by atoms with Crippen molar-refractivity contribution in [2.45, 2.75) is 77.3 Å². The molecule has 1 saturated carbocycles. The smallest absolute Gasteiger partial charge is 0.247 e. The minimum absolute atomic E-state index is 0.0893. The molecule has 2 heterocycles. The fraction of sp³-hybridized carbons (Fsp3) is 0.556. The highest BCUT2D eigenvalue weighted by Gasteiger charge is 2.41. The molecule has 2 fully saturated rings. The zero-order valence-electron chi connectivity index (χ0n) is 20.7. The predicted octanol–water partition coefficient (Wildman–Crippen LogP) is 4.38. The van der Waals surface area contributed by atoms with E-state index < -0.39 is 12.1 Å². The van der Waals surface area contributed by atoms with Crippen LogP contribution in [0.3, 0.4) is 0 Å². The van der Waals surface area contributed by atoms with Crippen molar-refractivity contribution in [3.8, 4) is 11.3 Å². The van der Waals surface area contributed by atoms with Crippen LogP contribution in [-0.2, 0) is 14.4 Å². The van der Waals surface area contributed by atoms with E-state index in [0.29, 0.717) is 30.8 Å². The van der Waals surface area contributed by atoms with E-state index in [0.717, 1.165) is 44.1 Å². The maximum Gasteiger partial charge on any atom is 0.247 e. The molecule has 1 aliphatic carbocycles. The Hall–Kier alpha value is -3.16. The zero-order chi connectivity index (χ0) is 24.8. The summed E-state index contributed by atoms with van der Waals surface area (Å²) in [5.41, 5.74) is 1.29. The fourth-order valence-corrected chi connectivity index (χ4v) is 5.15. The first-order valence-corrected chi connectivity index (χ1v) is 12.9. The van der Waals surface area contributed by atoms with Gasteiger partial charge >= 0.3 is 0 Å². The van der Waals surface area contributed by atoms with E-state index in [1.54, 1.807) is 4.90 Å². The Morgan fingerprint density at radius 2 is 1.83 bits per heavy atom. The number of carbonyl (C=O) groups excluding carboxylic acids is 3. The highest BCUT2D eigenvalue weighted by atomic mass is 16.5. The first-order valence-electron chi connectivity index (χ1n) is 12.9. The maximum atomic E-state index is 13.8. The van der Waals surface area contributed by atoms with Gasteiger partial charge in [-0.25, -0.2) is 0 Å². The normalized spacial score (nSPS) is 20.3. The lowest BCUT2D eigenvalue weighted by molar-refractivity contribution is -0.142. The number of hydrogen-bond donors (Lipinski definition) is 2. The van der Waals surface area contributed by atoms with Crippen LogP contribution in [0.5, 0.6) is 0 Å². The van der Waals surface area contributed by atoms with Crippen molar-refractivity contribution in [3.05, 3.63) is 36.5 Å². The third-order valence-corrected chi connectivity index (χ3v) is 7.45. The summed E-state index contributed by atoms with van der Waals surface area (Å²) in [6, 6.07) is 8.28. The van der Waals surface area contributed by atoms with Gasteiger partial charge < -0.3 is 20.1 Å². The minimum atomic E-state index is -0.590. The molecule has 8 heteroatoms. The van der Waals surface area contributed by atoms with Crippen molar-refractivity contribution in [2.75, 3.05) is 11.9 Å². The van der Waals surface area contributed by atoms with E-state index in [1.807, 2.05) is 44.2 Å². The number of anilines is 1. The average Bonchev–Trinajstić information content (AvgIpc) is 3.57. The molecule has 1 aliphatic heterocycles. The number of nitrogens with zero attached hydrogens (tertiary/aromatic N) is 2. The second-order valence-electron chi connectivity index (χ2n) is 9.81. The second kappa shape index (κ2) is 11.5. The van der Waals surface area contributed by atoms with Crippen LogP contribution in [0.15, 0.2) is 41.1 Å². The molecule has 1 saturated heterocycles. The molecule has 35 heavy (non-hydrogen) atoms. The summed E-state index contributed by atoms with van der Waals surface area (Å²) in [5.74, 6) is -0.0520. The van der Waals surface area contributed by atoms with Gasteiger partial charge in [0.05, 0.1) is 6.20 Å². The molecule has 2 aliphatic rings. The van der Waals surface area contributed by atoms with E-state index >= 15 is 0 Å². The Bertz CT molecular complexity index is 1020. The number of carbonyl (C=O) groups is 3.